The van der Waals surface area contributed by atoms with Gasteiger partial charge < -0.3 is 10.4 Å². The summed E-state index contributed by atoms with van der Waals surface area (Å²) in [5.41, 5.74) is 1.03. The van der Waals surface area contributed by atoms with E-state index in [1.165, 1.54) is 6.42 Å². The maximum atomic E-state index is 9.32. The van der Waals surface area contributed by atoms with Crippen molar-refractivity contribution in [1.29, 1.82) is 0 Å². The molecular formula is C11H15BrN2O. The first-order valence-corrected chi connectivity index (χ1v) is 5.96. The molecule has 0 unspecified atom stereocenters. The van der Waals surface area contributed by atoms with Gasteiger partial charge in [-0.15, -0.1) is 0 Å². The maximum Gasteiger partial charge on any atom is 0.126 e. The molecule has 1 aromatic heterocycles. The molecule has 0 amide bonds. The Labute approximate surface area is 98.0 Å². The third-order valence-corrected chi connectivity index (χ3v) is 3.88. The molecule has 2 N–H and O–H groups in total. The van der Waals surface area contributed by atoms with Crippen molar-refractivity contribution in [3.8, 4) is 0 Å². The van der Waals surface area contributed by atoms with Crippen molar-refractivity contribution < 1.29 is 5.11 Å². The number of halogens is 1. The summed E-state index contributed by atoms with van der Waals surface area (Å²) in [7, 11) is 0. The lowest BCUT2D eigenvalue weighted by Gasteiger charge is -2.41. The van der Waals surface area contributed by atoms with E-state index in [0.29, 0.717) is 0 Å². The zero-order valence-corrected chi connectivity index (χ0v) is 10.3. The minimum Gasteiger partial charge on any atom is -0.394 e. The smallest absolute Gasteiger partial charge is 0.126 e. The summed E-state index contributed by atoms with van der Waals surface area (Å²) in [5, 5.41) is 12.6. The van der Waals surface area contributed by atoms with Gasteiger partial charge >= 0.3 is 0 Å². The topological polar surface area (TPSA) is 45.1 Å². The third-order valence-electron chi connectivity index (χ3n) is 3.05. The van der Waals surface area contributed by atoms with Gasteiger partial charge in [0.25, 0.3) is 0 Å². The van der Waals surface area contributed by atoms with Gasteiger partial charge in [-0.1, -0.05) is 0 Å². The molecule has 0 radical (unpaired) electrons. The molecule has 1 fully saturated rings. The summed E-state index contributed by atoms with van der Waals surface area (Å²) in [6, 6.07) is 2.00. The highest BCUT2D eigenvalue weighted by Gasteiger charge is 2.36. The van der Waals surface area contributed by atoms with E-state index in [1.54, 1.807) is 6.20 Å². The summed E-state index contributed by atoms with van der Waals surface area (Å²) in [6.07, 6.45) is 5.03. The molecule has 0 spiro atoms. The molecule has 1 aliphatic carbocycles. The van der Waals surface area contributed by atoms with Gasteiger partial charge in [-0.25, -0.2) is 4.98 Å². The van der Waals surface area contributed by atoms with Crippen LogP contribution in [0.25, 0.3) is 0 Å². The molecule has 0 saturated heterocycles. The van der Waals surface area contributed by atoms with Gasteiger partial charge in [0.15, 0.2) is 0 Å². The van der Waals surface area contributed by atoms with E-state index in [0.717, 1.165) is 28.7 Å². The first kappa shape index (κ1) is 10.9. The SMILES string of the molecule is Cc1cc(NC2(CO)CCC2)ncc1Br. The maximum absolute atomic E-state index is 9.32. The van der Waals surface area contributed by atoms with Crippen molar-refractivity contribution in [2.24, 2.45) is 0 Å². The van der Waals surface area contributed by atoms with Gasteiger partial charge in [-0.05, 0) is 53.7 Å². The number of hydrogen-bond donors (Lipinski definition) is 2. The molecule has 1 saturated carbocycles. The van der Waals surface area contributed by atoms with Gasteiger partial charge in [0.05, 0.1) is 12.1 Å². The van der Waals surface area contributed by atoms with E-state index >= 15 is 0 Å². The molecular weight excluding hydrogens is 256 g/mol. The molecule has 3 nitrogen and oxygen atoms in total. The minimum absolute atomic E-state index is 0.118. The lowest BCUT2D eigenvalue weighted by Crippen LogP contribution is -2.48. The fourth-order valence-electron chi connectivity index (χ4n) is 1.81. The number of nitrogens with one attached hydrogen (secondary N) is 1. The molecule has 1 aromatic rings. The number of aromatic nitrogens is 1. The summed E-state index contributed by atoms with van der Waals surface area (Å²) < 4.78 is 1.01. The second-order valence-corrected chi connectivity index (χ2v) is 5.09. The number of aryl methyl sites for hydroxylation is 1. The van der Waals surface area contributed by atoms with Crippen LogP contribution in [0.1, 0.15) is 24.8 Å². The fraction of sp³-hybridized carbons (Fsp3) is 0.545. The van der Waals surface area contributed by atoms with E-state index in [4.69, 9.17) is 0 Å². The van der Waals surface area contributed by atoms with E-state index in [2.05, 4.69) is 26.2 Å². The molecule has 15 heavy (non-hydrogen) atoms. The van der Waals surface area contributed by atoms with E-state index < -0.39 is 0 Å². The van der Waals surface area contributed by atoms with Crippen LogP contribution in [0.15, 0.2) is 16.7 Å². The highest BCUT2D eigenvalue weighted by atomic mass is 79.9. The van der Waals surface area contributed by atoms with Gasteiger partial charge in [0.2, 0.25) is 0 Å². The second kappa shape index (κ2) is 4.10. The van der Waals surface area contributed by atoms with Gasteiger partial charge in [-0.2, -0.15) is 0 Å². The van der Waals surface area contributed by atoms with Crippen LogP contribution >= 0.6 is 15.9 Å². The van der Waals surface area contributed by atoms with Crippen LogP contribution in [0.2, 0.25) is 0 Å². The monoisotopic (exact) mass is 270 g/mol. The summed E-state index contributed by atoms with van der Waals surface area (Å²) in [6.45, 7) is 2.22. The van der Waals surface area contributed by atoms with Crippen LogP contribution in [0, 0.1) is 6.92 Å². The summed E-state index contributed by atoms with van der Waals surface area (Å²) in [5.74, 6) is 0.851. The van der Waals surface area contributed by atoms with Crippen molar-refractivity contribution in [3.63, 3.8) is 0 Å². The average Bonchev–Trinajstić information content (AvgIpc) is 2.17. The lowest BCUT2D eigenvalue weighted by atomic mass is 9.77. The number of rotatable bonds is 3. The van der Waals surface area contributed by atoms with Gasteiger partial charge in [0, 0.05) is 10.7 Å². The van der Waals surface area contributed by atoms with E-state index in [9.17, 15) is 5.11 Å². The quantitative estimate of drug-likeness (QED) is 0.887. The second-order valence-electron chi connectivity index (χ2n) is 4.24. The van der Waals surface area contributed by atoms with Crippen LogP contribution < -0.4 is 5.32 Å². The fourth-order valence-corrected chi connectivity index (χ4v) is 2.02. The van der Waals surface area contributed by atoms with Crippen molar-refractivity contribution in [1.82, 2.24) is 4.98 Å². The number of hydrogen-bond acceptors (Lipinski definition) is 3. The average molecular weight is 271 g/mol. The molecule has 0 aliphatic heterocycles. The Bertz CT molecular complexity index is 358. The summed E-state index contributed by atoms with van der Waals surface area (Å²) in [4.78, 5) is 4.28. The van der Waals surface area contributed by atoms with E-state index in [1.807, 2.05) is 13.0 Å². The number of aliphatic hydroxyl groups excluding tert-OH is 1. The number of nitrogens with zero attached hydrogens (tertiary/aromatic N) is 1. The van der Waals surface area contributed by atoms with Crippen molar-refractivity contribution in [2.45, 2.75) is 31.7 Å². The summed E-state index contributed by atoms with van der Waals surface area (Å²) >= 11 is 3.42. The number of aliphatic hydroxyl groups is 1. The minimum atomic E-state index is -0.118. The lowest BCUT2D eigenvalue weighted by molar-refractivity contribution is 0.144. The predicted molar refractivity (Wildman–Crippen MR) is 64.0 cm³/mol. The molecule has 0 aromatic carbocycles. The standard InChI is InChI=1S/C11H15BrN2O/c1-8-5-10(13-6-9(8)12)14-11(7-15)3-2-4-11/h5-6,15H,2-4,7H2,1H3,(H,13,14). The molecule has 2 rings (SSSR count). The Morgan fingerprint density at radius 3 is 2.80 bits per heavy atom. The molecule has 0 bridgehead atoms. The molecule has 1 aliphatic rings. The van der Waals surface area contributed by atoms with Crippen molar-refractivity contribution >= 4 is 21.7 Å². The van der Waals surface area contributed by atoms with Gasteiger partial charge in [0.1, 0.15) is 5.82 Å². The highest BCUT2D eigenvalue weighted by Crippen LogP contribution is 2.34. The van der Waals surface area contributed by atoms with Crippen LogP contribution in [0.4, 0.5) is 5.82 Å². The third kappa shape index (κ3) is 2.16. The Balaban J connectivity index is 2.13. The van der Waals surface area contributed by atoms with E-state index in [-0.39, 0.29) is 12.1 Å². The predicted octanol–water partition coefficient (Wildman–Crippen LogP) is 2.48. The molecule has 4 heteroatoms. The Morgan fingerprint density at radius 2 is 2.33 bits per heavy atom. The number of pyridine rings is 1. The van der Waals surface area contributed by atoms with Gasteiger partial charge in [-0.3, -0.25) is 0 Å². The van der Waals surface area contributed by atoms with Crippen LogP contribution in [0.5, 0.6) is 0 Å². The van der Waals surface area contributed by atoms with Crippen molar-refractivity contribution in [3.05, 3.63) is 22.3 Å². The van der Waals surface area contributed by atoms with Crippen LogP contribution in [-0.2, 0) is 0 Å². The Morgan fingerprint density at radius 1 is 1.60 bits per heavy atom. The van der Waals surface area contributed by atoms with Crippen LogP contribution in [0.3, 0.4) is 0 Å². The number of anilines is 1. The largest absolute Gasteiger partial charge is 0.394 e. The van der Waals surface area contributed by atoms with Crippen LogP contribution in [-0.4, -0.2) is 22.2 Å². The van der Waals surface area contributed by atoms with Crippen molar-refractivity contribution in [2.75, 3.05) is 11.9 Å². The molecule has 82 valence electrons. The zero-order valence-electron chi connectivity index (χ0n) is 8.76. The zero-order chi connectivity index (χ0) is 10.9. The Kier molecular flexibility index (Phi) is 2.98. The normalized spacial score (nSPS) is 18.3. The molecule has 0 atom stereocenters. The highest BCUT2D eigenvalue weighted by molar-refractivity contribution is 9.10. The first-order valence-electron chi connectivity index (χ1n) is 5.16. The Hall–Kier alpha value is -0.610. The molecule has 1 heterocycles. The first-order chi connectivity index (χ1) is 7.15.